The van der Waals surface area contributed by atoms with Gasteiger partial charge in [-0.2, -0.15) is 0 Å². The molecular weight excluding hydrogens is 256 g/mol. The first-order valence-electron chi connectivity index (χ1n) is 7.02. The highest BCUT2D eigenvalue weighted by molar-refractivity contribution is 5.70. The first-order chi connectivity index (χ1) is 9.53. The minimum absolute atomic E-state index is 0.0615. The van der Waals surface area contributed by atoms with Gasteiger partial charge in [-0.25, -0.2) is 0 Å². The number of ether oxygens (including phenoxy) is 1. The number of anilines is 1. The Labute approximate surface area is 120 Å². The largest absolute Gasteiger partial charge is 0.508 e. The molecule has 0 aliphatic heterocycles. The van der Waals surface area contributed by atoms with Crippen molar-refractivity contribution in [3.63, 3.8) is 0 Å². The van der Waals surface area contributed by atoms with E-state index in [2.05, 4.69) is 18.7 Å². The second kappa shape index (κ2) is 7.75. The zero-order chi connectivity index (χ0) is 15.1. The highest BCUT2D eigenvalue weighted by Gasteiger charge is 2.16. The quantitative estimate of drug-likeness (QED) is 0.749. The molecule has 1 aromatic rings. The second-order valence-corrected chi connectivity index (χ2v) is 4.53. The molecule has 0 aliphatic rings. The number of esters is 1. The zero-order valence-electron chi connectivity index (χ0n) is 12.4. The number of phenolic OH excluding ortho intramolecular Hbond substituents is 1. The molecule has 1 aromatic carbocycles. The van der Waals surface area contributed by atoms with Gasteiger partial charge in [0.2, 0.25) is 0 Å². The maximum atomic E-state index is 11.4. The molecule has 0 unspecified atom stereocenters. The summed E-state index contributed by atoms with van der Waals surface area (Å²) in [6, 6.07) is 4.81. The summed E-state index contributed by atoms with van der Waals surface area (Å²) in [7, 11) is 0. The maximum Gasteiger partial charge on any atom is 0.307 e. The van der Waals surface area contributed by atoms with Crippen molar-refractivity contribution in [1.82, 2.24) is 0 Å². The Kier molecular flexibility index (Phi) is 6.31. The van der Waals surface area contributed by atoms with Crippen molar-refractivity contribution in [2.24, 2.45) is 5.73 Å². The van der Waals surface area contributed by atoms with Crippen molar-refractivity contribution >= 4 is 11.7 Å². The summed E-state index contributed by atoms with van der Waals surface area (Å²) in [4.78, 5) is 13.5. The Balaban J connectivity index is 2.84. The van der Waals surface area contributed by atoms with Crippen molar-refractivity contribution < 1.29 is 14.6 Å². The van der Waals surface area contributed by atoms with Gasteiger partial charge in [-0.05, 0) is 26.8 Å². The number of aromatic hydroxyl groups is 1. The summed E-state index contributed by atoms with van der Waals surface area (Å²) >= 11 is 0. The molecule has 0 heterocycles. The van der Waals surface area contributed by atoms with Crippen LogP contribution in [0.3, 0.4) is 0 Å². The second-order valence-electron chi connectivity index (χ2n) is 4.53. The van der Waals surface area contributed by atoms with Gasteiger partial charge in [0.05, 0.1) is 13.0 Å². The Morgan fingerprint density at radius 3 is 2.50 bits per heavy atom. The van der Waals surface area contributed by atoms with Gasteiger partial charge in [0.1, 0.15) is 5.75 Å². The third-order valence-electron chi connectivity index (χ3n) is 3.23. The van der Waals surface area contributed by atoms with E-state index in [1.54, 1.807) is 19.1 Å². The summed E-state index contributed by atoms with van der Waals surface area (Å²) < 4.78 is 4.86. The molecule has 20 heavy (non-hydrogen) atoms. The first-order valence-corrected chi connectivity index (χ1v) is 7.02. The molecule has 0 amide bonds. The number of carbonyl (C=O) groups is 1. The SMILES string of the molecule is CCOC(=O)C[C@@H](N)c1ccc(N(CC)CC)cc1O. The third kappa shape index (κ3) is 4.13. The molecule has 0 spiro atoms. The summed E-state index contributed by atoms with van der Waals surface area (Å²) in [5.41, 5.74) is 7.45. The molecule has 0 saturated heterocycles. The predicted octanol–water partition coefficient (Wildman–Crippen LogP) is 2.19. The first kappa shape index (κ1) is 16.3. The van der Waals surface area contributed by atoms with Gasteiger partial charge >= 0.3 is 5.97 Å². The third-order valence-corrected chi connectivity index (χ3v) is 3.23. The molecule has 0 radical (unpaired) electrons. The van der Waals surface area contributed by atoms with E-state index in [-0.39, 0.29) is 18.1 Å². The van der Waals surface area contributed by atoms with Gasteiger partial charge in [0.15, 0.2) is 0 Å². The lowest BCUT2D eigenvalue weighted by Crippen LogP contribution is -2.22. The standard InChI is InChI=1S/C15H24N2O3/c1-4-17(5-2)11-7-8-12(14(18)9-11)13(16)10-15(19)20-6-3/h7-9,13,18H,4-6,10,16H2,1-3H3/t13-/m1/s1. The number of nitrogens with two attached hydrogens (primary N) is 1. The van der Waals surface area contributed by atoms with Crippen LogP contribution in [0.15, 0.2) is 18.2 Å². The number of hydrogen-bond acceptors (Lipinski definition) is 5. The number of phenols is 1. The van der Waals surface area contributed by atoms with Crippen LogP contribution in [0, 0.1) is 0 Å². The molecule has 3 N–H and O–H groups in total. The summed E-state index contributed by atoms with van der Waals surface area (Å²) in [5.74, 6) is -0.238. The lowest BCUT2D eigenvalue weighted by Gasteiger charge is -2.22. The van der Waals surface area contributed by atoms with Crippen LogP contribution in [0.2, 0.25) is 0 Å². The van der Waals surface area contributed by atoms with E-state index in [0.717, 1.165) is 18.8 Å². The van der Waals surface area contributed by atoms with E-state index in [0.29, 0.717) is 12.2 Å². The smallest absolute Gasteiger partial charge is 0.307 e. The number of carbonyl (C=O) groups excluding carboxylic acids is 1. The average molecular weight is 280 g/mol. The van der Waals surface area contributed by atoms with Gasteiger partial charge in [0.25, 0.3) is 0 Å². The molecule has 0 bridgehead atoms. The van der Waals surface area contributed by atoms with Gasteiger partial charge in [-0.1, -0.05) is 6.07 Å². The number of benzene rings is 1. The van der Waals surface area contributed by atoms with Crippen molar-refractivity contribution in [2.45, 2.75) is 33.2 Å². The molecule has 0 aliphatic carbocycles. The van der Waals surface area contributed by atoms with E-state index >= 15 is 0 Å². The van der Waals surface area contributed by atoms with E-state index < -0.39 is 6.04 Å². The molecule has 0 aromatic heterocycles. The molecule has 5 nitrogen and oxygen atoms in total. The van der Waals surface area contributed by atoms with Gasteiger partial charge in [-0.3, -0.25) is 4.79 Å². The van der Waals surface area contributed by atoms with Crippen LogP contribution in [0.1, 0.15) is 38.8 Å². The van der Waals surface area contributed by atoms with Crippen LogP contribution in [-0.4, -0.2) is 30.8 Å². The van der Waals surface area contributed by atoms with Crippen molar-refractivity contribution in [3.8, 4) is 5.75 Å². The lowest BCUT2D eigenvalue weighted by molar-refractivity contribution is -0.143. The van der Waals surface area contributed by atoms with E-state index in [4.69, 9.17) is 10.5 Å². The van der Waals surface area contributed by atoms with Gasteiger partial charge in [0, 0.05) is 36.4 Å². The zero-order valence-corrected chi connectivity index (χ0v) is 12.4. The molecule has 1 atom stereocenters. The van der Waals surface area contributed by atoms with E-state index in [1.165, 1.54) is 0 Å². The van der Waals surface area contributed by atoms with Gasteiger partial charge in [-0.15, -0.1) is 0 Å². The lowest BCUT2D eigenvalue weighted by atomic mass is 10.0. The monoisotopic (exact) mass is 280 g/mol. The van der Waals surface area contributed by atoms with E-state index in [9.17, 15) is 9.90 Å². The fraction of sp³-hybridized carbons (Fsp3) is 0.533. The summed E-state index contributed by atoms with van der Waals surface area (Å²) in [6.07, 6.45) is 0.0615. The minimum atomic E-state index is -0.556. The fourth-order valence-corrected chi connectivity index (χ4v) is 2.14. The number of nitrogens with zero attached hydrogens (tertiary/aromatic N) is 1. The molecule has 1 rings (SSSR count). The van der Waals surface area contributed by atoms with Crippen LogP contribution >= 0.6 is 0 Å². The highest BCUT2D eigenvalue weighted by Crippen LogP contribution is 2.29. The van der Waals surface area contributed by atoms with Crippen LogP contribution in [-0.2, 0) is 9.53 Å². The molecule has 5 heteroatoms. The summed E-state index contributed by atoms with van der Waals surface area (Å²) in [5, 5.41) is 10.1. The Morgan fingerprint density at radius 1 is 1.35 bits per heavy atom. The van der Waals surface area contributed by atoms with Gasteiger partial charge < -0.3 is 20.5 Å². The summed E-state index contributed by atoms with van der Waals surface area (Å²) in [6.45, 7) is 7.93. The normalized spacial score (nSPS) is 12.0. The van der Waals surface area contributed by atoms with E-state index in [1.807, 2.05) is 6.07 Å². The average Bonchev–Trinajstić information content (AvgIpc) is 2.40. The molecule has 112 valence electrons. The molecule has 0 saturated carbocycles. The minimum Gasteiger partial charge on any atom is -0.508 e. The Bertz CT molecular complexity index is 445. The van der Waals surface area contributed by atoms with Crippen molar-refractivity contribution in [3.05, 3.63) is 23.8 Å². The fourth-order valence-electron chi connectivity index (χ4n) is 2.14. The molecule has 0 fully saturated rings. The number of hydrogen-bond donors (Lipinski definition) is 2. The molecular formula is C15H24N2O3. The Hall–Kier alpha value is -1.75. The van der Waals surface area contributed by atoms with Crippen LogP contribution < -0.4 is 10.6 Å². The maximum absolute atomic E-state index is 11.4. The highest BCUT2D eigenvalue weighted by atomic mass is 16.5. The van der Waals surface area contributed by atoms with Crippen molar-refractivity contribution in [1.29, 1.82) is 0 Å². The topological polar surface area (TPSA) is 75.8 Å². The van der Waals surface area contributed by atoms with Crippen LogP contribution in [0.5, 0.6) is 5.75 Å². The number of rotatable bonds is 7. The van der Waals surface area contributed by atoms with Crippen LogP contribution in [0.4, 0.5) is 5.69 Å². The van der Waals surface area contributed by atoms with Crippen LogP contribution in [0.25, 0.3) is 0 Å². The van der Waals surface area contributed by atoms with Crippen molar-refractivity contribution in [2.75, 3.05) is 24.6 Å². The Morgan fingerprint density at radius 2 is 2.00 bits per heavy atom. The predicted molar refractivity (Wildman–Crippen MR) is 79.8 cm³/mol.